The number of nitrogens with one attached hydrogen (secondary N) is 2. The van der Waals surface area contributed by atoms with Gasteiger partial charge in [0.1, 0.15) is 0 Å². The van der Waals surface area contributed by atoms with E-state index in [0.29, 0.717) is 61.9 Å². The molecule has 66 heavy (non-hydrogen) atoms. The van der Waals surface area contributed by atoms with Crippen molar-refractivity contribution in [1.82, 2.24) is 9.97 Å². The molecule has 6 aromatic rings. The molecule has 10 nitrogen and oxygen atoms in total. The van der Waals surface area contributed by atoms with Crippen LogP contribution in [0.4, 0.5) is 5.69 Å². The summed E-state index contributed by atoms with van der Waals surface area (Å²) in [6, 6.07) is 18.0. The lowest BCUT2D eigenvalue weighted by atomic mass is 9.86. The molecule has 4 heterocycles. The van der Waals surface area contributed by atoms with E-state index in [1.165, 1.54) is 0 Å². The molecular formula is C54H52Br2N6O4. The van der Waals surface area contributed by atoms with Crippen LogP contribution in [0.3, 0.4) is 0 Å². The minimum Gasteiger partial charge on any atom is -0.494 e. The summed E-state index contributed by atoms with van der Waals surface area (Å²) in [5, 5.41) is 31.6. The summed E-state index contributed by atoms with van der Waals surface area (Å²) in [6.07, 6.45) is 0. The van der Waals surface area contributed by atoms with Gasteiger partial charge in [0.05, 0.1) is 63.3 Å². The van der Waals surface area contributed by atoms with E-state index in [1.807, 2.05) is 132 Å². The normalized spacial score (nSPS) is 13.0. The zero-order valence-electron chi connectivity index (χ0n) is 39.2. The number of nitrogens with zero attached hydrogens (tertiary/aromatic N) is 4. The van der Waals surface area contributed by atoms with E-state index < -0.39 is 5.91 Å². The van der Waals surface area contributed by atoms with Crippen LogP contribution in [0.25, 0.3) is 27.4 Å². The summed E-state index contributed by atoms with van der Waals surface area (Å²) in [5.74, 6) is -0.503. The number of nitriles is 1. The summed E-state index contributed by atoms with van der Waals surface area (Å²) in [6.45, 7) is 32.1. The Morgan fingerprint density at radius 1 is 0.561 bits per heavy atom. The summed E-state index contributed by atoms with van der Waals surface area (Å²) >= 11 is 7.14. The van der Waals surface area contributed by atoms with Crippen molar-refractivity contribution in [2.24, 2.45) is 9.98 Å². The number of carbonyl (C=O) groups is 2. The van der Waals surface area contributed by atoms with Gasteiger partial charge >= 0.3 is 0 Å². The molecule has 0 radical (unpaired) electrons. The van der Waals surface area contributed by atoms with Crippen LogP contribution in [-0.4, -0.2) is 43.4 Å². The van der Waals surface area contributed by atoms with Gasteiger partial charge in [0.25, 0.3) is 11.8 Å². The number of hydrogen-bond acceptors (Lipinski definition) is 5. The quantitative estimate of drug-likeness (QED) is 0.112. The summed E-state index contributed by atoms with van der Waals surface area (Å²) in [7, 11) is 0. The Hall–Kier alpha value is -6.34. The van der Waals surface area contributed by atoms with Crippen LogP contribution < -0.4 is 0 Å². The molecule has 0 saturated carbocycles. The van der Waals surface area contributed by atoms with E-state index in [2.05, 4.69) is 62.7 Å². The lowest BCUT2D eigenvalue weighted by Crippen LogP contribution is -2.05. The largest absolute Gasteiger partial charge is 0.494 e. The maximum absolute atomic E-state index is 13.4. The molecule has 2 aromatic heterocycles. The molecule has 0 spiro atoms. The van der Waals surface area contributed by atoms with Crippen molar-refractivity contribution in [3.05, 3.63) is 152 Å². The smallest absolute Gasteiger partial charge is 0.280 e. The molecule has 4 aromatic carbocycles. The van der Waals surface area contributed by atoms with Crippen molar-refractivity contribution in [3.63, 3.8) is 0 Å². The predicted octanol–water partition coefficient (Wildman–Crippen LogP) is 14.4. The Morgan fingerprint density at radius 2 is 0.879 bits per heavy atom. The van der Waals surface area contributed by atoms with Gasteiger partial charge in [-0.2, -0.15) is 5.26 Å². The first-order valence-electron chi connectivity index (χ1n) is 21.9. The second kappa shape index (κ2) is 18.1. The van der Waals surface area contributed by atoms with E-state index >= 15 is 0 Å². The Kier molecular flexibility index (Phi) is 13.1. The molecule has 12 heteroatoms. The highest BCUT2D eigenvalue weighted by Gasteiger charge is 2.36. The van der Waals surface area contributed by atoms with E-state index in [0.717, 1.165) is 70.1 Å². The predicted molar refractivity (Wildman–Crippen MR) is 270 cm³/mol. The molecule has 336 valence electrons. The molecule has 4 N–H and O–H groups in total. The van der Waals surface area contributed by atoms with Crippen molar-refractivity contribution in [3.8, 4) is 40.3 Å². The average Bonchev–Trinajstić information content (AvgIpc) is 4.01. The van der Waals surface area contributed by atoms with Crippen molar-refractivity contribution in [1.29, 1.82) is 5.26 Å². The molecule has 2 aliphatic heterocycles. The van der Waals surface area contributed by atoms with Crippen LogP contribution in [0.2, 0.25) is 0 Å². The van der Waals surface area contributed by atoms with Gasteiger partial charge < -0.3 is 20.2 Å². The van der Waals surface area contributed by atoms with Crippen molar-refractivity contribution in [2.45, 2.75) is 107 Å². The molecule has 2 amide bonds. The number of aromatic amines is 2. The van der Waals surface area contributed by atoms with Crippen LogP contribution >= 0.6 is 31.9 Å². The number of fused-ring (bicyclic) bond motifs is 2. The van der Waals surface area contributed by atoms with Gasteiger partial charge in [-0.15, -0.1) is 0 Å². The first kappa shape index (κ1) is 47.6. The van der Waals surface area contributed by atoms with E-state index in [4.69, 9.17) is 6.57 Å². The first-order chi connectivity index (χ1) is 31.1. The van der Waals surface area contributed by atoms with Gasteiger partial charge in [-0.05, 0) is 149 Å². The number of amides is 2. The van der Waals surface area contributed by atoms with E-state index in [1.54, 1.807) is 0 Å². The second-order valence-corrected chi connectivity index (χ2v) is 20.0. The maximum atomic E-state index is 13.4. The number of H-pyrrole nitrogens is 2. The van der Waals surface area contributed by atoms with Crippen LogP contribution in [0, 0.1) is 45.6 Å². The van der Waals surface area contributed by atoms with Gasteiger partial charge in [-0.3, -0.25) is 9.59 Å². The van der Waals surface area contributed by atoms with Gasteiger partial charge in [0, 0.05) is 14.5 Å². The summed E-state index contributed by atoms with van der Waals surface area (Å²) in [4.78, 5) is 44.7. The number of aryl methyl sites for hydroxylation is 4. The monoisotopic (exact) mass is 1010 g/mol. The number of halogens is 2. The first-order valence-corrected chi connectivity index (χ1v) is 23.5. The number of rotatable bonds is 8. The number of carbonyl (C=O) groups excluding carboxylic acids is 2. The molecule has 0 saturated heterocycles. The third kappa shape index (κ3) is 8.26. The third-order valence-corrected chi connectivity index (χ3v) is 14.9. The number of hydrogen-bond donors (Lipinski definition) is 4. The van der Waals surface area contributed by atoms with Gasteiger partial charge in [-0.1, -0.05) is 99.4 Å². The van der Waals surface area contributed by atoms with Crippen LogP contribution in [-0.2, 0) is 0 Å². The zero-order chi connectivity index (χ0) is 48.4. The third-order valence-electron chi connectivity index (χ3n) is 12.4. The Balaban J connectivity index is 0.000000205. The molecular weight excluding hydrogens is 956 g/mol. The van der Waals surface area contributed by atoms with E-state index in [-0.39, 0.29) is 41.3 Å². The van der Waals surface area contributed by atoms with Crippen molar-refractivity contribution >= 4 is 60.8 Å². The highest BCUT2D eigenvalue weighted by molar-refractivity contribution is 9.10. The Labute approximate surface area is 403 Å². The fourth-order valence-corrected chi connectivity index (χ4v) is 9.47. The average molecular weight is 1010 g/mol. The molecule has 2 aliphatic rings. The molecule has 8 rings (SSSR count). The maximum Gasteiger partial charge on any atom is 0.280 e. The van der Waals surface area contributed by atoms with Crippen LogP contribution in [0.5, 0.6) is 11.8 Å². The topological polar surface area (TPSA) is 159 Å². The molecule has 0 fully saturated rings. The lowest BCUT2D eigenvalue weighted by molar-refractivity contribution is 0.0998. The van der Waals surface area contributed by atoms with Gasteiger partial charge in [-0.25, -0.2) is 14.8 Å². The molecule has 0 aliphatic carbocycles. The fourth-order valence-electron chi connectivity index (χ4n) is 9.01. The number of aromatic nitrogens is 2. The van der Waals surface area contributed by atoms with Gasteiger partial charge in [0.2, 0.25) is 0 Å². The van der Waals surface area contributed by atoms with Crippen LogP contribution in [0.15, 0.2) is 67.5 Å². The SMILES string of the molecule is Cc1cc(C2=NC(=O)c3c(-c4cc(C)c(Br)c(C)c4)[nH]c(O)c32)cc(C)c1Br.[C-]#[N+]c1c(C(C)C)cc(C2=NC(=O)c3c(-c4cc(C(C)C)c(C#N)c(C(C)C)c4)[nH]c(O)c32)cc1C(C)C. The fraction of sp³-hybridized carbons (Fsp3) is 0.296. The number of aliphatic imine (C=N–C) groups is 2. The highest BCUT2D eigenvalue weighted by atomic mass is 79.9. The standard InChI is InChI=1S/C32H34N4O2.C22H18Br2N2O2/c1-15(2)21-10-19(11-22(16(3)4)25(21)14-33)28-26-27(32(38)35-28)29(36-31(26)37)20-12-23(17(5)6)30(34-9)24(13-20)18(7)8;1-9-5-13(6-10(2)17(9)23)19-15-16(22(28)25-19)20(26-21(15)27)14-7-11(3)18(24)12(4)8-14/h10-13,15-18,35,38H,1-8H3;5-8,25,28H,1-4H3. The van der Waals surface area contributed by atoms with Crippen molar-refractivity contribution < 1.29 is 19.8 Å². The molecule has 0 bridgehead atoms. The van der Waals surface area contributed by atoms with E-state index in [9.17, 15) is 25.1 Å². The van der Waals surface area contributed by atoms with Crippen LogP contribution in [0.1, 0.15) is 172 Å². The summed E-state index contributed by atoms with van der Waals surface area (Å²) < 4.78 is 2.06. The summed E-state index contributed by atoms with van der Waals surface area (Å²) in [5.41, 5.74) is 15.9. The highest BCUT2D eigenvalue weighted by Crippen LogP contribution is 2.44. The lowest BCUT2D eigenvalue weighted by Gasteiger charge is -2.17. The molecule has 0 atom stereocenters. The Bertz CT molecular complexity index is 3100. The zero-order valence-corrected chi connectivity index (χ0v) is 42.4. The number of benzene rings is 4. The number of aromatic hydroxyl groups is 2. The minimum atomic E-state index is -0.422. The van der Waals surface area contributed by atoms with Crippen molar-refractivity contribution in [2.75, 3.05) is 0 Å². The second-order valence-electron chi connectivity index (χ2n) is 18.5. The minimum absolute atomic E-state index is 0.0361. The Morgan fingerprint density at radius 3 is 1.21 bits per heavy atom. The molecule has 0 unspecified atom stereocenters. The van der Waals surface area contributed by atoms with Gasteiger partial charge in [0.15, 0.2) is 17.4 Å².